The van der Waals surface area contributed by atoms with Gasteiger partial charge in [0.2, 0.25) is 0 Å². The van der Waals surface area contributed by atoms with Gasteiger partial charge in [-0.1, -0.05) is 36.4 Å². The molecule has 0 saturated heterocycles. The number of hydrogen-bond acceptors (Lipinski definition) is 3. The molecule has 0 bridgehead atoms. The van der Waals surface area contributed by atoms with E-state index in [0.29, 0.717) is 5.02 Å². The number of benzene rings is 1. The molecule has 72 valence electrons. The number of halogens is 1. The Morgan fingerprint density at radius 1 is 1.54 bits per heavy atom. The third kappa shape index (κ3) is 6.27. The Morgan fingerprint density at radius 2 is 2.00 bits per heavy atom. The zero-order valence-electron chi connectivity index (χ0n) is 6.57. The molecule has 0 heterocycles. The standard InChI is InChI=1S/C6H7ClN2.CH2O2S/c7-5-3-1-2-4-6(5)9-8;2-1(3)4/h1-4,9H,8H2;4H,(H,2,3). The first kappa shape index (κ1) is 12.1. The molecule has 13 heavy (non-hydrogen) atoms. The Kier molecular flexibility index (Phi) is 6.13. The van der Waals surface area contributed by atoms with Crippen molar-refractivity contribution in [2.75, 3.05) is 5.43 Å². The van der Waals surface area contributed by atoms with E-state index in [1.165, 1.54) is 0 Å². The number of carboxylic acid groups (broad SMARTS) is 1. The molecule has 4 N–H and O–H groups in total. The highest BCUT2D eigenvalue weighted by Crippen LogP contribution is 2.18. The third-order valence-electron chi connectivity index (χ3n) is 1.03. The van der Waals surface area contributed by atoms with E-state index in [4.69, 9.17) is 27.3 Å². The molecule has 0 aliphatic rings. The van der Waals surface area contributed by atoms with Crippen LogP contribution in [0.5, 0.6) is 0 Å². The van der Waals surface area contributed by atoms with Crippen LogP contribution in [0.3, 0.4) is 0 Å². The van der Waals surface area contributed by atoms with Crippen molar-refractivity contribution in [1.29, 1.82) is 0 Å². The summed E-state index contributed by atoms with van der Waals surface area (Å²) in [5.41, 5.74) is 3.21. The number of hydrogen-bond donors (Lipinski definition) is 4. The monoisotopic (exact) mass is 220 g/mol. The van der Waals surface area contributed by atoms with E-state index >= 15 is 0 Å². The van der Waals surface area contributed by atoms with Gasteiger partial charge in [0.1, 0.15) is 0 Å². The molecule has 0 radical (unpaired) electrons. The lowest BCUT2D eigenvalue weighted by atomic mass is 10.3. The van der Waals surface area contributed by atoms with Gasteiger partial charge in [-0.2, -0.15) is 0 Å². The van der Waals surface area contributed by atoms with Gasteiger partial charge < -0.3 is 10.5 Å². The smallest absolute Gasteiger partial charge is 0.361 e. The van der Waals surface area contributed by atoms with Gasteiger partial charge in [0.25, 0.3) is 0 Å². The van der Waals surface area contributed by atoms with Crippen molar-refractivity contribution in [3.05, 3.63) is 29.3 Å². The second-order valence-corrected chi connectivity index (χ2v) is 2.70. The number of para-hydroxylation sites is 1. The SMILES string of the molecule is NNc1ccccc1Cl.O=C(O)S. The Hall–Kier alpha value is -0.910. The van der Waals surface area contributed by atoms with Crippen LogP contribution in [0.2, 0.25) is 5.02 Å². The Morgan fingerprint density at radius 3 is 2.31 bits per heavy atom. The van der Waals surface area contributed by atoms with Gasteiger partial charge in [0.15, 0.2) is 0 Å². The van der Waals surface area contributed by atoms with Crippen molar-refractivity contribution < 1.29 is 9.90 Å². The number of rotatable bonds is 1. The molecule has 4 nitrogen and oxygen atoms in total. The Labute approximate surface area is 86.1 Å². The Bertz CT molecular complexity index is 279. The molecule has 0 fully saturated rings. The first-order chi connectivity index (χ1) is 6.07. The maximum atomic E-state index is 8.86. The minimum Gasteiger partial charge on any atom is -0.473 e. The molecular formula is C7H9ClN2O2S. The van der Waals surface area contributed by atoms with Crippen molar-refractivity contribution in [3.63, 3.8) is 0 Å². The van der Waals surface area contributed by atoms with Crippen LogP contribution in [-0.4, -0.2) is 10.4 Å². The van der Waals surface area contributed by atoms with Gasteiger partial charge >= 0.3 is 5.30 Å². The van der Waals surface area contributed by atoms with E-state index < -0.39 is 5.30 Å². The van der Waals surface area contributed by atoms with Crippen LogP contribution >= 0.6 is 24.2 Å². The number of carbonyl (C=O) groups is 1. The number of anilines is 1. The normalized spacial score (nSPS) is 8.23. The summed E-state index contributed by atoms with van der Waals surface area (Å²) in [4.78, 5) is 8.86. The second kappa shape index (κ2) is 6.59. The van der Waals surface area contributed by atoms with E-state index in [-0.39, 0.29) is 0 Å². The van der Waals surface area contributed by atoms with Crippen molar-refractivity contribution >= 4 is 35.2 Å². The first-order valence-corrected chi connectivity index (χ1v) is 4.03. The summed E-state index contributed by atoms with van der Waals surface area (Å²) in [6, 6.07) is 7.29. The molecule has 0 saturated carbocycles. The number of nitrogens with two attached hydrogens (primary N) is 1. The van der Waals surface area contributed by atoms with Crippen LogP contribution in [0.25, 0.3) is 0 Å². The molecule has 0 aromatic heterocycles. The summed E-state index contributed by atoms with van der Waals surface area (Å²) in [7, 11) is 0. The molecule has 0 atom stereocenters. The van der Waals surface area contributed by atoms with Gasteiger partial charge in [0, 0.05) is 0 Å². The van der Waals surface area contributed by atoms with Gasteiger partial charge in [0.05, 0.1) is 10.7 Å². The lowest BCUT2D eigenvalue weighted by Crippen LogP contribution is -2.06. The van der Waals surface area contributed by atoms with Crippen LogP contribution in [-0.2, 0) is 0 Å². The Balaban J connectivity index is 0.000000310. The fourth-order valence-corrected chi connectivity index (χ4v) is 0.769. The molecular weight excluding hydrogens is 212 g/mol. The zero-order chi connectivity index (χ0) is 10.3. The van der Waals surface area contributed by atoms with Gasteiger partial charge in [-0.05, 0) is 12.1 Å². The maximum Gasteiger partial charge on any atom is 0.361 e. The fourth-order valence-electron chi connectivity index (χ4n) is 0.578. The summed E-state index contributed by atoms with van der Waals surface area (Å²) < 4.78 is 0. The van der Waals surface area contributed by atoms with Crippen molar-refractivity contribution in [1.82, 2.24) is 0 Å². The van der Waals surface area contributed by atoms with E-state index in [9.17, 15) is 0 Å². The highest BCUT2D eigenvalue weighted by atomic mass is 35.5. The summed E-state index contributed by atoms with van der Waals surface area (Å²) in [6.07, 6.45) is 0. The predicted molar refractivity (Wildman–Crippen MR) is 56.3 cm³/mol. The largest absolute Gasteiger partial charge is 0.473 e. The molecule has 0 unspecified atom stereocenters. The first-order valence-electron chi connectivity index (χ1n) is 3.21. The molecule has 1 aromatic carbocycles. The summed E-state index contributed by atoms with van der Waals surface area (Å²) >= 11 is 8.56. The molecule has 6 heteroatoms. The van der Waals surface area contributed by atoms with Crippen LogP contribution in [0.15, 0.2) is 24.3 Å². The summed E-state index contributed by atoms with van der Waals surface area (Å²) in [5, 5.41) is 6.78. The van der Waals surface area contributed by atoms with E-state index in [2.05, 4.69) is 18.1 Å². The van der Waals surface area contributed by atoms with Gasteiger partial charge in [-0.15, -0.1) is 0 Å². The van der Waals surface area contributed by atoms with Crippen LogP contribution in [0.4, 0.5) is 10.5 Å². The van der Waals surface area contributed by atoms with Crippen molar-refractivity contribution in [2.24, 2.45) is 5.84 Å². The van der Waals surface area contributed by atoms with E-state index in [0.717, 1.165) is 5.69 Å². The lowest BCUT2D eigenvalue weighted by Gasteiger charge is -1.99. The average Bonchev–Trinajstić information content (AvgIpc) is 2.04. The van der Waals surface area contributed by atoms with Crippen molar-refractivity contribution in [3.8, 4) is 0 Å². The van der Waals surface area contributed by atoms with Gasteiger partial charge in [-0.25, -0.2) is 4.79 Å². The molecule has 0 aliphatic heterocycles. The molecule has 1 rings (SSSR count). The fraction of sp³-hybridized carbons (Fsp3) is 0. The molecule has 0 aliphatic carbocycles. The van der Waals surface area contributed by atoms with Crippen LogP contribution in [0, 0.1) is 0 Å². The number of nitrogen functional groups attached to an aromatic ring is 1. The van der Waals surface area contributed by atoms with Crippen LogP contribution in [0.1, 0.15) is 0 Å². The number of hydrazine groups is 1. The van der Waals surface area contributed by atoms with Gasteiger partial charge in [-0.3, -0.25) is 5.84 Å². The second-order valence-electron chi connectivity index (χ2n) is 1.91. The molecule has 1 aromatic rings. The minimum atomic E-state index is -1.14. The highest BCUT2D eigenvalue weighted by molar-refractivity contribution is 7.96. The van der Waals surface area contributed by atoms with Crippen LogP contribution < -0.4 is 11.3 Å². The predicted octanol–water partition coefficient (Wildman–Crippen LogP) is 2.22. The lowest BCUT2D eigenvalue weighted by molar-refractivity contribution is 0.222. The topological polar surface area (TPSA) is 75.3 Å². The number of thiol groups is 1. The summed E-state index contributed by atoms with van der Waals surface area (Å²) in [5.74, 6) is 5.12. The van der Waals surface area contributed by atoms with E-state index in [1.54, 1.807) is 6.07 Å². The molecule has 0 spiro atoms. The quantitative estimate of drug-likeness (QED) is 0.333. The maximum absolute atomic E-state index is 8.86. The summed E-state index contributed by atoms with van der Waals surface area (Å²) in [6.45, 7) is 0. The minimum absolute atomic E-state index is 0.639. The number of nitrogens with one attached hydrogen (secondary N) is 1. The molecule has 0 amide bonds. The van der Waals surface area contributed by atoms with Crippen molar-refractivity contribution in [2.45, 2.75) is 0 Å². The average molecular weight is 221 g/mol. The highest BCUT2D eigenvalue weighted by Gasteiger charge is 1.91. The van der Waals surface area contributed by atoms with E-state index in [1.807, 2.05) is 18.2 Å². The third-order valence-corrected chi connectivity index (χ3v) is 1.36. The zero-order valence-corrected chi connectivity index (χ0v) is 8.22.